The Labute approximate surface area is 193 Å². The molecule has 1 saturated heterocycles. The molecular weight excluding hydrogens is 430 g/mol. The molecule has 1 N–H and O–H groups in total. The molecule has 0 radical (unpaired) electrons. The van der Waals surface area contributed by atoms with E-state index in [0.29, 0.717) is 21.9 Å². The summed E-state index contributed by atoms with van der Waals surface area (Å²) in [6.07, 6.45) is 0.216. The predicted molar refractivity (Wildman–Crippen MR) is 130 cm³/mol. The summed E-state index contributed by atoms with van der Waals surface area (Å²) in [5.74, 6) is -0.166. The zero-order valence-corrected chi connectivity index (χ0v) is 19.5. The second-order valence-electron chi connectivity index (χ2n) is 8.11. The summed E-state index contributed by atoms with van der Waals surface area (Å²) in [4.78, 5) is 24.1. The van der Waals surface area contributed by atoms with Crippen LogP contribution in [-0.2, 0) is 4.79 Å². The molecule has 4 rings (SSSR count). The first-order valence-corrected chi connectivity index (χ1v) is 11.1. The van der Waals surface area contributed by atoms with Gasteiger partial charge in [0.2, 0.25) is 6.17 Å². The fraction of sp³-hybridized carbons (Fsp3) is 0.348. The highest BCUT2D eigenvalue weighted by Gasteiger charge is 2.33. The van der Waals surface area contributed by atoms with Gasteiger partial charge in [-0.1, -0.05) is 41.9 Å². The first kappa shape index (κ1) is 21.7. The van der Waals surface area contributed by atoms with Crippen molar-refractivity contribution in [2.75, 3.05) is 39.1 Å². The minimum absolute atomic E-state index is 0.166. The van der Waals surface area contributed by atoms with Crippen molar-refractivity contribution in [1.29, 1.82) is 0 Å². The fourth-order valence-corrected chi connectivity index (χ4v) is 4.47. The molecule has 1 fully saturated rings. The van der Waals surface area contributed by atoms with Crippen molar-refractivity contribution < 1.29 is 4.79 Å². The van der Waals surface area contributed by atoms with Gasteiger partial charge < -0.3 is 20.0 Å². The monoisotopic (exact) mass is 455 g/mol. The fourth-order valence-electron chi connectivity index (χ4n) is 4.02. The van der Waals surface area contributed by atoms with Crippen LogP contribution in [0.5, 0.6) is 0 Å². The number of hydrogen-bond acceptors (Lipinski definition) is 4. The van der Waals surface area contributed by atoms with E-state index < -0.39 is 6.17 Å². The molecule has 31 heavy (non-hydrogen) atoms. The van der Waals surface area contributed by atoms with Crippen LogP contribution < -0.4 is 10.2 Å². The molecule has 6 nitrogen and oxygen atoms in total. The highest BCUT2D eigenvalue weighted by molar-refractivity contribution is 7.80. The average Bonchev–Trinajstić information content (AvgIpc) is 3.24. The molecule has 1 amide bonds. The average molecular weight is 456 g/mol. The molecule has 2 unspecified atom stereocenters. The third-order valence-electron chi connectivity index (χ3n) is 5.89. The number of likely N-dealkylation sites (tertiary alicyclic amines) is 1. The molecule has 162 valence electrons. The molecule has 0 aliphatic carbocycles. The zero-order valence-electron chi connectivity index (χ0n) is 17.9. The number of aliphatic imine (C=N–C) groups is 1. The summed E-state index contributed by atoms with van der Waals surface area (Å²) in [6, 6.07) is 15.8. The molecule has 2 atom stereocenters. The van der Waals surface area contributed by atoms with Crippen LogP contribution in [0.25, 0.3) is 0 Å². The van der Waals surface area contributed by atoms with Gasteiger partial charge in [-0.25, -0.2) is 4.99 Å². The number of likely N-dealkylation sites (N-methyl/N-ethyl adjacent to an activating group) is 2. The van der Waals surface area contributed by atoms with Gasteiger partial charge >= 0.3 is 0 Å². The quantitative estimate of drug-likeness (QED) is 0.721. The first-order valence-electron chi connectivity index (χ1n) is 10.3. The topological polar surface area (TPSA) is 51.2 Å². The molecule has 8 heteroatoms. The number of hydrogen-bond donors (Lipinski definition) is 1. The van der Waals surface area contributed by atoms with Crippen molar-refractivity contribution in [2.24, 2.45) is 4.99 Å². The van der Waals surface area contributed by atoms with E-state index in [1.807, 2.05) is 42.5 Å². The largest absolute Gasteiger partial charge is 0.348 e. The Bertz CT molecular complexity index is 1030. The minimum Gasteiger partial charge on any atom is -0.348 e. The molecule has 2 heterocycles. The molecule has 2 aromatic carbocycles. The number of nitrogens with one attached hydrogen (secondary N) is 1. The Hall–Kier alpha value is -2.48. The van der Waals surface area contributed by atoms with E-state index in [1.54, 1.807) is 18.0 Å². The number of nitrogens with zero attached hydrogens (tertiary/aromatic N) is 4. The van der Waals surface area contributed by atoms with Gasteiger partial charge in [0.25, 0.3) is 5.91 Å². The van der Waals surface area contributed by atoms with Crippen LogP contribution in [0.2, 0.25) is 5.02 Å². The van der Waals surface area contributed by atoms with Gasteiger partial charge in [-0.2, -0.15) is 0 Å². The normalized spacial score (nSPS) is 21.1. The molecule has 0 saturated carbocycles. The standard InChI is InChI=1S/C23H26ClN5OS/c1-27(2)17-11-12-29(14-17)23(31)26-21-22(30)28(3)19-10-9-16(24)13-18(19)20(25-21)15-7-5-4-6-8-15/h4-10,13,17,21H,11-12,14H2,1-3H3,(H,26,31). The lowest BCUT2D eigenvalue weighted by Crippen LogP contribution is -2.50. The predicted octanol–water partition coefficient (Wildman–Crippen LogP) is 2.99. The van der Waals surface area contributed by atoms with Gasteiger partial charge in [-0.05, 0) is 50.9 Å². The Morgan fingerprint density at radius 2 is 1.97 bits per heavy atom. The number of benzodiazepines with no additional fused rings is 1. The van der Waals surface area contributed by atoms with E-state index in [4.69, 9.17) is 28.8 Å². The number of carbonyl (C=O) groups is 1. The van der Waals surface area contributed by atoms with Crippen molar-refractivity contribution >= 4 is 46.2 Å². The molecule has 0 aromatic heterocycles. The number of benzene rings is 2. The van der Waals surface area contributed by atoms with Gasteiger partial charge in [0.1, 0.15) is 0 Å². The Balaban J connectivity index is 1.69. The maximum atomic E-state index is 13.3. The van der Waals surface area contributed by atoms with E-state index in [9.17, 15) is 4.79 Å². The lowest BCUT2D eigenvalue weighted by atomic mass is 10.0. The van der Waals surface area contributed by atoms with Crippen molar-refractivity contribution in [2.45, 2.75) is 18.6 Å². The molecule has 0 bridgehead atoms. The van der Waals surface area contributed by atoms with Crippen LogP contribution in [0.4, 0.5) is 5.69 Å². The Morgan fingerprint density at radius 1 is 1.23 bits per heavy atom. The number of carbonyl (C=O) groups excluding carboxylic acids is 1. The van der Waals surface area contributed by atoms with E-state index in [2.05, 4.69) is 29.2 Å². The van der Waals surface area contributed by atoms with Crippen molar-refractivity contribution in [1.82, 2.24) is 15.1 Å². The van der Waals surface area contributed by atoms with Gasteiger partial charge in [0.15, 0.2) is 5.11 Å². The smallest absolute Gasteiger partial charge is 0.272 e. The van der Waals surface area contributed by atoms with Gasteiger partial charge in [0.05, 0.1) is 11.4 Å². The van der Waals surface area contributed by atoms with Crippen LogP contribution in [0.1, 0.15) is 17.5 Å². The SMILES string of the molecule is CN1C(=O)C(NC(=S)N2CCC(N(C)C)C2)N=C(c2ccccc2)c2cc(Cl)ccc21. The van der Waals surface area contributed by atoms with Crippen molar-refractivity contribution in [3.8, 4) is 0 Å². The van der Waals surface area contributed by atoms with Crippen LogP contribution >= 0.6 is 23.8 Å². The minimum atomic E-state index is -0.822. The number of thiocarbonyl (C=S) groups is 1. The van der Waals surface area contributed by atoms with Gasteiger partial charge in [-0.15, -0.1) is 0 Å². The highest BCUT2D eigenvalue weighted by Crippen LogP contribution is 2.30. The van der Waals surface area contributed by atoms with E-state index in [-0.39, 0.29) is 5.91 Å². The zero-order chi connectivity index (χ0) is 22.1. The maximum absolute atomic E-state index is 13.3. The second-order valence-corrected chi connectivity index (χ2v) is 8.93. The summed E-state index contributed by atoms with van der Waals surface area (Å²) >= 11 is 12.0. The van der Waals surface area contributed by atoms with Crippen LogP contribution in [0.15, 0.2) is 53.5 Å². The number of anilines is 1. The summed E-state index contributed by atoms with van der Waals surface area (Å²) in [7, 11) is 5.91. The van der Waals surface area contributed by atoms with Gasteiger partial charge in [0, 0.05) is 42.3 Å². The lowest BCUT2D eigenvalue weighted by molar-refractivity contribution is -0.119. The summed E-state index contributed by atoms with van der Waals surface area (Å²) < 4.78 is 0. The molecule has 2 aliphatic heterocycles. The van der Waals surface area contributed by atoms with E-state index in [1.165, 1.54) is 0 Å². The van der Waals surface area contributed by atoms with Crippen LogP contribution in [0.3, 0.4) is 0 Å². The molecule has 2 aliphatic rings. The van der Waals surface area contributed by atoms with Crippen molar-refractivity contribution in [3.05, 3.63) is 64.7 Å². The van der Waals surface area contributed by atoms with Crippen LogP contribution in [-0.4, -0.2) is 73.0 Å². The summed E-state index contributed by atoms with van der Waals surface area (Å²) in [5.41, 5.74) is 3.21. The Morgan fingerprint density at radius 3 is 2.65 bits per heavy atom. The second kappa shape index (κ2) is 8.94. The van der Waals surface area contributed by atoms with E-state index in [0.717, 1.165) is 36.3 Å². The number of fused-ring (bicyclic) bond motifs is 1. The first-order chi connectivity index (χ1) is 14.8. The number of amides is 1. The number of rotatable bonds is 3. The lowest BCUT2D eigenvalue weighted by Gasteiger charge is -2.26. The summed E-state index contributed by atoms with van der Waals surface area (Å²) in [6.45, 7) is 1.69. The van der Waals surface area contributed by atoms with Crippen LogP contribution in [0, 0.1) is 0 Å². The van der Waals surface area contributed by atoms with E-state index >= 15 is 0 Å². The summed E-state index contributed by atoms with van der Waals surface area (Å²) in [5, 5.41) is 4.36. The molecule has 0 spiro atoms. The molecule has 2 aromatic rings. The third kappa shape index (κ3) is 4.44. The third-order valence-corrected chi connectivity index (χ3v) is 6.50. The number of halogens is 1. The Kier molecular flexibility index (Phi) is 6.27. The highest BCUT2D eigenvalue weighted by atomic mass is 35.5. The molecular formula is C23H26ClN5OS. The van der Waals surface area contributed by atoms with Gasteiger partial charge in [-0.3, -0.25) is 4.79 Å². The van der Waals surface area contributed by atoms with Crippen molar-refractivity contribution in [3.63, 3.8) is 0 Å². The maximum Gasteiger partial charge on any atom is 0.272 e.